The van der Waals surface area contributed by atoms with Crippen molar-refractivity contribution < 1.29 is 31.3 Å². The number of benzene rings is 4. The Bertz CT molecular complexity index is 1340. The van der Waals surface area contributed by atoms with Crippen LogP contribution in [0.1, 0.15) is 18.5 Å². The molecule has 1 heterocycles. The fourth-order valence-electron chi connectivity index (χ4n) is 5.09. The van der Waals surface area contributed by atoms with Crippen molar-refractivity contribution in [1.29, 1.82) is 0 Å². The number of hydrogen-bond acceptors (Lipinski definition) is 3. The van der Waals surface area contributed by atoms with Gasteiger partial charge in [0.25, 0.3) is 0 Å². The van der Waals surface area contributed by atoms with Gasteiger partial charge in [-0.25, -0.2) is 9.59 Å². The highest BCUT2D eigenvalue weighted by Crippen LogP contribution is 2.57. The van der Waals surface area contributed by atoms with E-state index in [1.807, 2.05) is 84.9 Å². The lowest BCUT2D eigenvalue weighted by atomic mass is 9.95. The third kappa shape index (κ3) is 5.83. The molecule has 7 heteroatoms. The van der Waals surface area contributed by atoms with Crippen LogP contribution in [0.25, 0.3) is 0 Å². The number of nitrogens with one attached hydrogen (secondary N) is 2. The predicted octanol–water partition coefficient (Wildman–Crippen LogP) is 1.86. The minimum Gasteiger partial charge on any atom is -1.00 e. The van der Waals surface area contributed by atoms with E-state index in [-0.39, 0.29) is 29.6 Å². The fraction of sp³-hybridized carbons (Fsp3) is 0.125. The second-order valence-corrected chi connectivity index (χ2v) is 12.5. The SMILES string of the molecule is CCOC(=O)C1=C(C[P+](c2ccccc2)(c2ccccc2)c2ccccc2)NC(=O)NC1c1ccccc1.[Br-]. The topological polar surface area (TPSA) is 67.4 Å². The molecule has 1 unspecified atom stereocenters. The first-order valence-corrected chi connectivity index (χ1v) is 14.7. The Morgan fingerprint density at radius 1 is 0.744 bits per heavy atom. The summed E-state index contributed by atoms with van der Waals surface area (Å²) in [6.07, 6.45) is 0.454. The van der Waals surface area contributed by atoms with E-state index in [1.54, 1.807) is 6.92 Å². The third-order valence-corrected chi connectivity index (χ3v) is 11.1. The van der Waals surface area contributed by atoms with Crippen molar-refractivity contribution in [2.45, 2.75) is 13.0 Å². The van der Waals surface area contributed by atoms with E-state index in [0.717, 1.165) is 21.5 Å². The molecule has 198 valence electrons. The summed E-state index contributed by atoms with van der Waals surface area (Å²) in [5, 5.41) is 9.48. The van der Waals surface area contributed by atoms with Gasteiger partial charge in [0.2, 0.25) is 0 Å². The maximum Gasteiger partial charge on any atom is 0.338 e. The van der Waals surface area contributed by atoms with Crippen molar-refractivity contribution in [3.05, 3.63) is 138 Å². The zero-order valence-corrected chi connectivity index (χ0v) is 24.1. The van der Waals surface area contributed by atoms with Crippen molar-refractivity contribution in [3.8, 4) is 0 Å². The second kappa shape index (κ2) is 12.9. The van der Waals surface area contributed by atoms with Crippen molar-refractivity contribution in [3.63, 3.8) is 0 Å². The molecule has 1 atom stereocenters. The molecule has 0 spiro atoms. The van der Waals surface area contributed by atoms with Crippen LogP contribution in [-0.2, 0) is 9.53 Å². The molecule has 0 saturated carbocycles. The zero-order valence-electron chi connectivity index (χ0n) is 21.6. The van der Waals surface area contributed by atoms with Crippen LogP contribution in [0.3, 0.4) is 0 Å². The van der Waals surface area contributed by atoms with Crippen molar-refractivity contribution >= 4 is 35.2 Å². The van der Waals surface area contributed by atoms with Crippen LogP contribution >= 0.6 is 7.26 Å². The Labute approximate surface area is 240 Å². The van der Waals surface area contributed by atoms with Gasteiger partial charge in [-0.05, 0) is 48.9 Å². The van der Waals surface area contributed by atoms with Gasteiger partial charge in [0, 0.05) is 0 Å². The van der Waals surface area contributed by atoms with Gasteiger partial charge in [-0.1, -0.05) is 84.9 Å². The molecule has 39 heavy (non-hydrogen) atoms. The molecule has 0 radical (unpaired) electrons. The molecular formula is C32H30BrN2O3P. The predicted molar refractivity (Wildman–Crippen MR) is 155 cm³/mol. The average Bonchev–Trinajstić information content (AvgIpc) is 2.97. The molecule has 2 amide bonds. The highest BCUT2D eigenvalue weighted by Gasteiger charge is 2.48. The third-order valence-electron chi connectivity index (χ3n) is 6.77. The van der Waals surface area contributed by atoms with Gasteiger partial charge in [-0.15, -0.1) is 0 Å². The number of carbonyl (C=O) groups excluding carboxylic acids is 2. The number of hydrogen-bond donors (Lipinski definition) is 2. The number of amides is 2. The summed E-state index contributed by atoms with van der Waals surface area (Å²) in [7, 11) is -2.37. The van der Waals surface area contributed by atoms with Crippen LogP contribution in [-0.4, -0.2) is 24.8 Å². The van der Waals surface area contributed by atoms with Crippen LogP contribution in [0.2, 0.25) is 0 Å². The summed E-state index contributed by atoms with van der Waals surface area (Å²) >= 11 is 0. The minimum atomic E-state index is -2.37. The van der Waals surface area contributed by atoms with Crippen LogP contribution in [0, 0.1) is 0 Å². The Hall–Kier alpha value is -3.73. The van der Waals surface area contributed by atoms with Gasteiger partial charge >= 0.3 is 12.0 Å². The zero-order chi connectivity index (χ0) is 26.4. The van der Waals surface area contributed by atoms with E-state index in [2.05, 4.69) is 47.0 Å². The Morgan fingerprint density at radius 3 is 1.62 bits per heavy atom. The van der Waals surface area contributed by atoms with Crippen molar-refractivity contribution in [1.82, 2.24) is 10.6 Å². The molecule has 4 aromatic carbocycles. The Kier molecular flexibility index (Phi) is 9.34. The lowest BCUT2D eigenvalue weighted by molar-refractivity contribution is -0.139. The molecule has 5 rings (SSSR count). The quantitative estimate of drug-likeness (QED) is 0.240. The molecular weight excluding hydrogens is 571 g/mol. The fourth-order valence-corrected chi connectivity index (χ4v) is 9.30. The first-order chi connectivity index (χ1) is 18.6. The standard InChI is InChI=1S/C32H29N2O3P.BrH/c1-2-37-31(35)29-28(33-32(36)34-30(29)24-15-7-3-8-16-24)23-38(25-17-9-4-10-18-25,26-19-11-5-12-20-26)27-21-13-6-14-22-27;/h3-22,30H,2,23H2,1H3,(H-,33,34,35,36);1H. The summed E-state index contributed by atoms with van der Waals surface area (Å²) in [6.45, 7) is 2.03. The van der Waals surface area contributed by atoms with Crippen LogP contribution in [0.15, 0.2) is 133 Å². The molecule has 0 fully saturated rings. The number of ether oxygens (including phenoxy) is 1. The number of halogens is 1. The van der Waals surface area contributed by atoms with Gasteiger partial charge in [-0.2, -0.15) is 0 Å². The molecule has 0 saturated heterocycles. The Balaban J connectivity index is 0.00000353. The first kappa shape index (κ1) is 28.3. The summed E-state index contributed by atoms with van der Waals surface area (Å²) in [5.41, 5.74) is 1.85. The molecule has 1 aliphatic heterocycles. The van der Waals surface area contributed by atoms with Crippen LogP contribution in [0.4, 0.5) is 4.79 Å². The lowest BCUT2D eigenvalue weighted by Gasteiger charge is -2.33. The van der Waals surface area contributed by atoms with E-state index in [0.29, 0.717) is 17.4 Å². The first-order valence-electron chi connectivity index (χ1n) is 12.7. The van der Waals surface area contributed by atoms with E-state index < -0.39 is 19.3 Å². The molecule has 0 aromatic heterocycles. The Morgan fingerprint density at radius 2 is 1.18 bits per heavy atom. The molecule has 2 N–H and O–H groups in total. The van der Waals surface area contributed by atoms with E-state index in [9.17, 15) is 9.59 Å². The van der Waals surface area contributed by atoms with E-state index in [1.165, 1.54) is 0 Å². The molecule has 5 nitrogen and oxygen atoms in total. The highest BCUT2D eigenvalue weighted by molar-refractivity contribution is 7.95. The molecule has 0 bridgehead atoms. The summed E-state index contributed by atoms with van der Waals surface area (Å²) in [6, 6.07) is 39.8. The normalized spacial score (nSPS) is 15.0. The van der Waals surface area contributed by atoms with Gasteiger partial charge in [0.05, 0.1) is 23.9 Å². The van der Waals surface area contributed by atoms with Gasteiger partial charge in [0.1, 0.15) is 29.3 Å². The van der Waals surface area contributed by atoms with Crippen molar-refractivity contribution in [2.24, 2.45) is 0 Å². The molecule has 1 aliphatic rings. The lowest BCUT2D eigenvalue weighted by Crippen LogP contribution is -3.00. The second-order valence-electron chi connectivity index (χ2n) is 9.03. The van der Waals surface area contributed by atoms with E-state index >= 15 is 0 Å². The average molecular weight is 601 g/mol. The smallest absolute Gasteiger partial charge is 0.338 e. The van der Waals surface area contributed by atoms with Gasteiger partial charge < -0.3 is 32.4 Å². The molecule has 4 aromatic rings. The number of carbonyl (C=O) groups is 2. The largest absolute Gasteiger partial charge is 1.00 e. The monoisotopic (exact) mass is 600 g/mol. The van der Waals surface area contributed by atoms with Crippen LogP contribution < -0.4 is 43.5 Å². The van der Waals surface area contributed by atoms with Gasteiger partial charge in [-0.3, -0.25) is 0 Å². The number of rotatable bonds is 8. The van der Waals surface area contributed by atoms with E-state index in [4.69, 9.17) is 4.74 Å². The highest BCUT2D eigenvalue weighted by atomic mass is 79.9. The minimum absolute atomic E-state index is 0. The number of urea groups is 1. The number of allylic oxidation sites excluding steroid dienone is 1. The maximum absolute atomic E-state index is 13.5. The van der Waals surface area contributed by atoms with Crippen molar-refractivity contribution in [2.75, 3.05) is 12.8 Å². The summed E-state index contributed by atoms with van der Waals surface area (Å²) in [5.74, 6) is -0.434. The van der Waals surface area contributed by atoms with Gasteiger partial charge in [0.15, 0.2) is 0 Å². The molecule has 0 aliphatic carbocycles. The number of esters is 1. The summed E-state index contributed by atoms with van der Waals surface area (Å²) in [4.78, 5) is 26.6. The van der Waals surface area contributed by atoms with Crippen LogP contribution in [0.5, 0.6) is 0 Å². The summed E-state index contributed by atoms with van der Waals surface area (Å²) < 4.78 is 5.55. The maximum atomic E-state index is 13.5.